The van der Waals surface area contributed by atoms with Crippen molar-refractivity contribution in [3.8, 4) is 5.75 Å². The number of aryl methyl sites for hydroxylation is 1. The highest BCUT2D eigenvalue weighted by molar-refractivity contribution is 5.96. The van der Waals surface area contributed by atoms with Gasteiger partial charge in [-0.2, -0.15) is 0 Å². The summed E-state index contributed by atoms with van der Waals surface area (Å²) in [5.41, 5.74) is 3.79. The molecule has 33 heavy (non-hydrogen) atoms. The normalized spacial score (nSPS) is 16.0. The van der Waals surface area contributed by atoms with E-state index < -0.39 is 0 Å². The lowest BCUT2D eigenvalue weighted by molar-refractivity contribution is -0.117. The molecule has 1 amide bonds. The molecule has 1 unspecified atom stereocenters. The Morgan fingerprint density at radius 1 is 1.06 bits per heavy atom. The number of benzene rings is 3. The van der Waals surface area contributed by atoms with Gasteiger partial charge in [0.15, 0.2) is 0 Å². The highest BCUT2D eigenvalue weighted by atomic mass is 19.1. The quantitative estimate of drug-likeness (QED) is 0.388. The second-order valence-corrected chi connectivity index (χ2v) is 8.34. The van der Waals surface area contributed by atoms with Crippen LogP contribution in [-0.4, -0.2) is 28.6 Å². The molecular formula is C27H26FN3O2. The van der Waals surface area contributed by atoms with Crippen LogP contribution in [0.2, 0.25) is 0 Å². The summed E-state index contributed by atoms with van der Waals surface area (Å²) in [7, 11) is 0. The van der Waals surface area contributed by atoms with Gasteiger partial charge in [0.05, 0.1) is 17.6 Å². The van der Waals surface area contributed by atoms with E-state index in [-0.39, 0.29) is 17.6 Å². The topological polar surface area (TPSA) is 47.4 Å². The molecule has 0 N–H and O–H groups in total. The third-order valence-corrected chi connectivity index (χ3v) is 6.21. The van der Waals surface area contributed by atoms with Crippen molar-refractivity contribution in [2.24, 2.45) is 0 Å². The second kappa shape index (κ2) is 9.06. The Kier molecular flexibility index (Phi) is 5.82. The maximum atomic E-state index is 13.7. The number of hydrogen-bond acceptors (Lipinski definition) is 3. The molecule has 0 aliphatic carbocycles. The van der Waals surface area contributed by atoms with Crippen LogP contribution in [0.25, 0.3) is 11.0 Å². The standard InChI is InChI=1S/C27H26FN3O2/c1-2-19-10-12-23(13-11-19)33-15-14-30-25-9-4-3-8-24(25)29-27(30)20-16-26(32)31(18-20)22-7-5-6-21(28)17-22/h3-13,17,20H,2,14-16,18H2,1H3. The van der Waals surface area contributed by atoms with Crippen LogP contribution in [0, 0.1) is 5.82 Å². The molecule has 0 bridgehead atoms. The number of fused-ring (bicyclic) bond motifs is 1. The number of carbonyl (C=O) groups is 1. The third-order valence-electron chi connectivity index (χ3n) is 6.21. The van der Waals surface area contributed by atoms with Crippen molar-refractivity contribution in [1.29, 1.82) is 0 Å². The Morgan fingerprint density at radius 3 is 2.67 bits per heavy atom. The van der Waals surface area contributed by atoms with Crippen LogP contribution in [0.4, 0.5) is 10.1 Å². The molecule has 0 saturated carbocycles. The number of ether oxygens (including phenoxy) is 1. The summed E-state index contributed by atoms with van der Waals surface area (Å²) in [6, 6.07) is 22.3. The summed E-state index contributed by atoms with van der Waals surface area (Å²) in [5.74, 6) is 1.27. The molecule has 4 aromatic rings. The maximum absolute atomic E-state index is 13.7. The van der Waals surface area contributed by atoms with Gasteiger partial charge in [0.1, 0.15) is 24.0 Å². The SMILES string of the molecule is CCc1ccc(OCCn2c(C3CC(=O)N(c4cccc(F)c4)C3)nc3ccccc32)cc1. The molecule has 5 rings (SSSR count). The Labute approximate surface area is 192 Å². The van der Waals surface area contributed by atoms with Gasteiger partial charge in [-0.1, -0.05) is 37.3 Å². The lowest BCUT2D eigenvalue weighted by Gasteiger charge is -2.17. The second-order valence-electron chi connectivity index (χ2n) is 8.34. The van der Waals surface area contributed by atoms with Crippen LogP contribution in [0.5, 0.6) is 5.75 Å². The van der Waals surface area contributed by atoms with Crippen LogP contribution in [0.1, 0.15) is 30.7 Å². The Hall–Kier alpha value is -3.67. The number of carbonyl (C=O) groups excluding carboxylic acids is 1. The van der Waals surface area contributed by atoms with Gasteiger partial charge in [0.25, 0.3) is 0 Å². The van der Waals surface area contributed by atoms with Crippen LogP contribution in [0.15, 0.2) is 72.8 Å². The average molecular weight is 444 g/mol. The predicted octanol–water partition coefficient (Wildman–Crippen LogP) is 5.34. The Balaban J connectivity index is 1.38. The zero-order valence-corrected chi connectivity index (χ0v) is 18.6. The molecule has 1 fully saturated rings. The summed E-state index contributed by atoms with van der Waals surface area (Å²) >= 11 is 0. The molecule has 1 aliphatic heterocycles. The minimum Gasteiger partial charge on any atom is -0.492 e. The summed E-state index contributed by atoms with van der Waals surface area (Å²) < 4.78 is 21.9. The molecule has 3 aromatic carbocycles. The summed E-state index contributed by atoms with van der Waals surface area (Å²) in [4.78, 5) is 19.3. The molecule has 6 heteroatoms. The van der Waals surface area contributed by atoms with Crippen LogP contribution >= 0.6 is 0 Å². The zero-order chi connectivity index (χ0) is 22.8. The predicted molar refractivity (Wildman–Crippen MR) is 127 cm³/mol. The van der Waals surface area contributed by atoms with E-state index in [2.05, 4.69) is 23.6 Å². The van der Waals surface area contributed by atoms with Gasteiger partial charge >= 0.3 is 0 Å². The number of imidazole rings is 1. The molecule has 1 atom stereocenters. The molecule has 0 radical (unpaired) electrons. The number of rotatable bonds is 7. The Bertz CT molecular complexity index is 1280. The first-order valence-corrected chi connectivity index (χ1v) is 11.3. The fourth-order valence-electron chi connectivity index (χ4n) is 4.49. The van der Waals surface area contributed by atoms with E-state index in [1.54, 1.807) is 17.0 Å². The van der Waals surface area contributed by atoms with Crippen LogP contribution in [0.3, 0.4) is 0 Å². The lowest BCUT2D eigenvalue weighted by Crippen LogP contribution is -2.24. The molecule has 1 aliphatic rings. The van der Waals surface area contributed by atoms with Gasteiger partial charge in [-0.3, -0.25) is 4.79 Å². The lowest BCUT2D eigenvalue weighted by atomic mass is 10.1. The summed E-state index contributed by atoms with van der Waals surface area (Å²) in [6.07, 6.45) is 1.34. The largest absolute Gasteiger partial charge is 0.492 e. The fraction of sp³-hybridized carbons (Fsp3) is 0.259. The van der Waals surface area contributed by atoms with Crippen molar-refractivity contribution in [3.63, 3.8) is 0 Å². The van der Waals surface area contributed by atoms with Crippen LogP contribution < -0.4 is 9.64 Å². The van der Waals surface area contributed by atoms with Crippen molar-refractivity contribution in [1.82, 2.24) is 9.55 Å². The highest BCUT2D eigenvalue weighted by Crippen LogP contribution is 2.33. The molecule has 0 spiro atoms. The van der Waals surface area contributed by atoms with Gasteiger partial charge in [-0.05, 0) is 54.4 Å². The maximum Gasteiger partial charge on any atom is 0.227 e. The minimum atomic E-state index is -0.347. The van der Waals surface area contributed by atoms with Crippen LogP contribution in [-0.2, 0) is 17.8 Å². The number of nitrogens with zero attached hydrogens (tertiary/aromatic N) is 3. The van der Waals surface area contributed by atoms with Crippen molar-refractivity contribution in [2.45, 2.75) is 32.2 Å². The molecule has 1 saturated heterocycles. The van der Waals surface area contributed by atoms with Gasteiger partial charge in [-0.25, -0.2) is 9.37 Å². The molecular weight excluding hydrogens is 417 g/mol. The zero-order valence-electron chi connectivity index (χ0n) is 18.6. The van der Waals surface area contributed by atoms with Gasteiger partial charge in [0.2, 0.25) is 5.91 Å². The van der Waals surface area contributed by atoms with E-state index >= 15 is 0 Å². The number of para-hydroxylation sites is 2. The van der Waals surface area contributed by atoms with Crippen molar-refractivity contribution in [3.05, 3.63) is 90.0 Å². The molecule has 1 aromatic heterocycles. The first-order chi connectivity index (χ1) is 16.1. The Morgan fingerprint density at radius 2 is 1.88 bits per heavy atom. The monoisotopic (exact) mass is 443 g/mol. The highest BCUT2D eigenvalue weighted by Gasteiger charge is 2.35. The molecule has 2 heterocycles. The van der Waals surface area contributed by atoms with Gasteiger partial charge in [0, 0.05) is 24.6 Å². The first kappa shape index (κ1) is 21.2. The van der Waals surface area contributed by atoms with Crippen molar-refractivity contribution in [2.75, 3.05) is 18.1 Å². The molecule has 5 nitrogen and oxygen atoms in total. The van der Waals surface area contributed by atoms with E-state index in [0.29, 0.717) is 31.8 Å². The van der Waals surface area contributed by atoms with E-state index in [1.807, 2.05) is 36.4 Å². The van der Waals surface area contributed by atoms with E-state index in [4.69, 9.17) is 9.72 Å². The van der Waals surface area contributed by atoms with Crippen molar-refractivity contribution >= 4 is 22.6 Å². The number of amides is 1. The number of aromatic nitrogens is 2. The number of hydrogen-bond donors (Lipinski definition) is 0. The summed E-state index contributed by atoms with van der Waals surface area (Å²) in [6.45, 7) is 3.72. The van der Waals surface area contributed by atoms with E-state index in [0.717, 1.165) is 29.0 Å². The van der Waals surface area contributed by atoms with E-state index in [9.17, 15) is 9.18 Å². The number of anilines is 1. The minimum absolute atomic E-state index is 0.0172. The summed E-state index contributed by atoms with van der Waals surface area (Å²) in [5, 5.41) is 0. The fourth-order valence-corrected chi connectivity index (χ4v) is 4.49. The van der Waals surface area contributed by atoms with Crippen molar-refractivity contribution < 1.29 is 13.9 Å². The van der Waals surface area contributed by atoms with E-state index in [1.165, 1.54) is 17.7 Å². The third kappa shape index (κ3) is 4.33. The molecule has 168 valence electrons. The van der Waals surface area contributed by atoms with Gasteiger partial charge < -0.3 is 14.2 Å². The average Bonchev–Trinajstić information content (AvgIpc) is 3.40. The number of halogens is 1. The smallest absolute Gasteiger partial charge is 0.227 e. The first-order valence-electron chi connectivity index (χ1n) is 11.3. The van der Waals surface area contributed by atoms with Gasteiger partial charge in [-0.15, -0.1) is 0 Å².